The first-order chi connectivity index (χ1) is 12.9. The fourth-order valence-electron chi connectivity index (χ4n) is 2.97. The largest absolute Gasteiger partial charge is 0.323 e. The third-order valence-corrected chi connectivity index (χ3v) is 5.89. The van der Waals surface area contributed by atoms with Crippen molar-refractivity contribution in [3.05, 3.63) is 47.0 Å². The average Bonchev–Trinajstić information content (AvgIpc) is 2.52. The summed E-state index contributed by atoms with van der Waals surface area (Å²) >= 11 is 0. The maximum absolute atomic E-state index is 12.6. The standard InChI is InChI=1S/C20H28N4O3S/c1-13-9-14(2)18(15(3)10-13)28(26,27)23-8-7-17(25)24-16-11-21-19(22-12-16)20(4,5)6/h9-12,23H,7-8H2,1-6H3,(H,24,25). The van der Waals surface area contributed by atoms with Crippen LogP contribution in [0.4, 0.5) is 5.69 Å². The molecule has 7 nitrogen and oxygen atoms in total. The second-order valence-electron chi connectivity index (χ2n) is 7.97. The van der Waals surface area contributed by atoms with Gasteiger partial charge in [0.25, 0.3) is 0 Å². The fraction of sp³-hybridized carbons (Fsp3) is 0.450. The zero-order chi connectivity index (χ0) is 21.1. The van der Waals surface area contributed by atoms with E-state index in [4.69, 9.17) is 0 Å². The van der Waals surface area contributed by atoms with Crippen LogP contribution in [0.3, 0.4) is 0 Å². The topological polar surface area (TPSA) is 101 Å². The van der Waals surface area contributed by atoms with Crippen LogP contribution in [0, 0.1) is 20.8 Å². The number of aromatic nitrogens is 2. The van der Waals surface area contributed by atoms with Crippen LogP contribution < -0.4 is 10.0 Å². The molecule has 2 rings (SSSR count). The van der Waals surface area contributed by atoms with E-state index >= 15 is 0 Å². The predicted octanol–water partition coefficient (Wildman–Crippen LogP) is 3.01. The Morgan fingerprint density at radius 2 is 1.57 bits per heavy atom. The minimum absolute atomic E-state index is 0.00184. The summed E-state index contributed by atoms with van der Waals surface area (Å²) in [6.45, 7) is 11.5. The van der Waals surface area contributed by atoms with Crippen LogP contribution in [0.15, 0.2) is 29.4 Å². The van der Waals surface area contributed by atoms with Gasteiger partial charge in [0, 0.05) is 18.4 Å². The Morgan fingerprint density at radius 3 is 2.07 bits per heavy atom. The molecule has 28 heavy (non-hydrogen) atoms. The third-order valence-electron chi connectivity index (χ3n) is 4.12. The zero-order valence-corrected chi connectivity index (χ0v) is 18.1. The van der Waals surface area contributed by atoms with Crippen molar-refractivity contribution < 1.29 is 13.2 Å². The van der Waals surface area contributed by atoms with Gasteiger partial charge in [0.15, 0.2) is 0 Å². The van der Waals surface area contributed by atoms with Gasteiger partial charge in [-0.2, -0.15) is 0 Å². The van der Waals surface area contributed by atoms with E-state index in [1.54, 1.807) is 26.2 Å². The van der Waals surface area contributed by atoms with E-state index in [9.17, 15) is 13.2 Å². The lowest BCUT2D eigenvalue weighted by Crippen LogP contribution is -2.29. The number of carbonyl (C=O) groups is 1. The lowest BCUT2D eigenvalue weighted by molar-refractivity contribution is -0.116. The van der Waals surface area contributed by atoms with Crippen molar-refractivity contribution in [2.24, 2.45) is 0 Å². The van der Waals surface area contributed by atoms with E-state index in [0.717, 1.165) is 5.56 Å². The van der Waals surface area contributed by atoms with Gasteiger partial charge in [0.05, 0.1) is 23.0 Å². The highest BCUT2D eigenvalue weighted by molar-refractivity contribution is 7.89. The summed E-state index contributed by atoms with van der Waals surface area (Å²) in [5, 5.41) is 2.68. The summed E-state index contributed by atoms with van der Waals surface area (Å²) in [6, 6.07) is 3.66. The summed E-state index contributed by atoms with van der Waals surface area (Å²) in [6.07, 6.45) is 3.10. The van der Waals surface area contributed by atoms with E-state index in [1.807, 2.05) is 39.8 Å². The maximum atomic E-state index is 12.6. The number of hydrogen-bond acceptors (Lipinski definition) is 5. The highest BCUT2D eigenvalue weighted by Gasteiger charge is 2.20. The minimum atomic E-state index is -3.68. The molecule has 0 bridgehead atoms. The summed E-state index contributed by atoms with van der Waals surface area (Å²) in [5.74, 6) is 0.370. The first-order valence-electron chi connectivity index (χ1n) is 9.10. The molecule has 152 valence electrons. The molecule has 1 heterocycles. The lowest BCUT2D eigenvalue weighted by Gasteiger charge is -2.16. The van der Waals surface area contributed by atoms with Crippen LogP contribution in [0.2, 0.25) is 0 Å². The number of sulfonamides is 1. The van der Waals surface area contributed by atoms with Crippen molar-refractivity contribution in [2.75, 3.05) is 11.9 Å². The molecule has 8 heteroatoms. The summed E-state index contributed by atoms with van der Waals surface area (Å²) < 4.78 is 27.7. The molecule has 0 fully saturated rings. The number of rotatable bonds is 6. The molecular weight excluding hydrogens is 376 g/mol. The van der Waals surface area contributed by atoms with Gasteiger partial charge in [0.2, 0.25) is 15.9 Å². The number of carbonyl (C=O) groups excluding carboxylic acids is 1. The molecule has 1 aromatic carbocycles. The molecule has 1 aromatic heterocycles. The van der Waals surface area contributed by atoms with E-state index in [0.29, 0.717) is 22.6 Å². The number of hydrogen-bond donors (Lipinski definition) is 2. The van der Waals surface area contributed by atoms with Gasteiger partial charge < -0.3 is 5.32 Å². The number of benzene rings is 1. The number of aryl methyl sites for hydroxylation is 3. The highest BCUT2D eigenvalue weighted by Crippen LogP contribution is 2.21. The van der Waals surface area contributed by atoms with Crippen LogP contribution in [-0.4, -0.2) is 30.8 Å². The first-order valence-corrected chi connectivity index (χ1v) is 10.6. The van der Waals surface area contributed by atoms with E-state index in [2.05, 4.69) is 20.0 Å². The quantitative estimate of drug-likeness (QED) is 0.771. The highest BCUT2D eigenvalue weighted by atomic mass is 32.2. The van der Waals surface area contributed by atoms with E-state index in [-0.39, 0.29) is 29.2 Å². The molecule has 1 amide bonds. The van der Waals surface area contributed by atoms with Crippen molar-refractivity contribution in [2.45, 2.75) is 58.3 Å². The molecule has 0 aliphatic rings. The number of amides is 1. The van der Waals surface area contributed by atoms with Gasteiger partial charge in [0.1, 0.15) is 5.82 Å². The van der Waals surface area contributed by atoms with Crippen LogP contribution in [0.1, 0.15) is 49.7 Å². The van der Waals surface area contributed by atoms with Crippen LogP contribution in [0.25, 0.3) is 0 Å². The number of anilines is 1. The fourth-order valence-corrected chi connectivity index (χ4v) is 4.45. The van der Waals surface area contributed by atoms with Crippen molar-refractivity contribution >= 4 is 21.6 Å². The number of nitrogens with zero attached hydrogens (tertiary/aromatic N) is 2. The van der Waals surface area contributed by atoms with Gasteiger partial charge in [-0.1, -0.05) is 38.5 Å². The lowest BCUT2D eigenvalue weighted by atomic mass is 9.96. The smallest absolute Gasteiger partial charge is 0.241 e. The zero-order valence-electron chi connectivity index (χ0n) is 17.3. The molecule has 0 aliphatic carbocycles. The van der Waals surface area contributed by atoms with Crippen molar-refractivity contribution in [1.82, 2.24) is 14.7 Å². The van der Waals surface area contributed by atoms with E-state index in [1.165, 1.54) is 0 Å². The Hall–Kier alpha value is -2.32. The molecule has 0 spiro atoms. The minimum Gasteiger partial charge on any atom is -0.323 e. The van der Waals surface area contributed by atoms with Crippen LogP contribution in [-0.2, 0) is 20.2 Å². The molecule has 0 saturated heterocycles. The Labute approximate surface area is 167 Å². The summed E-state index contributed by atoms with van der Waals surface area (Å²) in [7, 11) is -3.68. The van der Waals surface area contributed by atoms with Crippen molar-refractivity contribution in [1.29, 1.82) is 0 Å². The summed E-state index contributed by atoms with van der Waals surface area (Å²) in [5.41, 5.74) is 2.68. The Kier molecular flexibility index (Phi) is 6.56. The monoisotopic (exact) mass is 404 g/mol. The maximum Gasteiger partial charge on any atom is 0.241 e. The van der Waals surface area contributed by atoms with Gasteiger partial charge in [-0.05, 0) is 31.9 Å². The molecule has 0 radical (unpaired) electrons. The Bertz CT molecular complexity index is 939. The first kappa shape index (κ1) is 22.0. The van der Waals surface area contributed by atoms with Crippen molar-refractivity contribution in [3.8, 4) is 0 Å². The number of nitrogens with one attached hydrogen (secondary N) is 2. The van der Waals surface area contributed by atoms with Crippen molar-refractivity contribution in [3.63, 3.8) is 0 Å². The molecular formula is C20H28N4O3S. The SMILES string of the molecule is Cc1cc(C)c(S(=O)(=O)NCCC(=O)Nc2cnc(C(C)(C)C)nc2)c(C)c1. The third kappa shape index (κ3) is 5.59. The second-order valence-corrected chi connectivity index (χ2v) is 9.67. The Balaban J connectivity index is 1.95. The van der Waals surface area contributed by atoms with Gasteiger partial charge >= 0.3 is 0 Å². The normalized spacial score (nSPS) is 12.1. The average molecular weight is 405 g/mol. The van der Waals surface area contributed by atoms with E-state index < -0.39 is 10.0 Å². The molecule has 0 unspecified atom stereocenters. The Morgan fingerprint density at radius 1 is 1.04 bits per heavy atom. The van der Waals surface area contributed by atoms with Gasteiger partial charge in [-0.3, -0.25) is 4.79 Å². The molecule has 0 saturated carbocycles. The molecule has 0 aliphatic heterocycles. The molecule has 0 atom stereocenters. The van der Waals surface area contributed by atoms with Crippen LogP contribution in [0.5, 0.6) is 0 Å². The second kappa shape index (κ2) is 8.36. The van der Waals surface area contributed by atoms with Crippen LogP contribution >= 0.6 is 0 Å². The predicted molar refractivity (Wildman–Crippen MR) is 110 cm³/mol. The molecule has 2 aromatic rings. The molecule has 2 N–H and O–H groups in total. The summed E-state index contributed by atoms with van der Waals surface area (Å²) in [4.78, 5) is 20.9. The van der Waals surface area contributed by atoms with Gasteiger partial charge in [-0.25, -0.2) is 23.1 Å². The van der Waals surface area contributed by atoms with Gasteiger partial charge in [-0.15, -0.1) is 0 Å².